The highest BCUT2D eigenvalue weighted by molar-refractivity contribution is 5.86. The minimum atomic E-state index is -0.773. The fraction of sp³-hybridized carbons (Fsp3) is 0.882. The van der Waals surface area contributed by atoms with Gasteiger partial charge in [0.25, 0.3) is 0 Å². The normalized spacial score (nSPS) is 22.0. The van der Waals surface area contributed by atoms with Crippen LogP contribution in [0.5, 0.6) is 0 Å². The largest absolute Gasteiger partial charge is 0.381 e. The first-order valence-corrected chi connectivity index (χ1v) is 9.16. The fourth-order valence-corrected chi connectivity index (χ4v) is 3.46. The maximum absolute atomic E-state index is 12.8. The molecule has 138 valence electrons. The van der Waals surface area contributed by atoms with E-state index in [1.807, 2.05) is 23.6 Å². The molecule has 0 aromatic carbocycles. The molecule has 2 heterocycles. The van der Waals surface area contributed by atoms with Gasteiger partial charge in [0.1, 0.15) is 0 Å². The zero-order valence-corrected chi connectivity index (χ0v) is 15.1. The standard InChI is InChI=1S/C17H32N4O3/c1-3-20(4-2)15(22)14-19-8-5-9-21(11-10-19)16(23)17(18)6-12-24-13-7-17/h3-14,18H2,1-2H3. The van der Waals surface area contributed by atoms with E-state index in [-0.39, 0.29) is 11.8 Å². The van der Waals surface area contributed by atoms with Gasteiger partial charge in [0, 0.05) is 52.5 Å². The lowest BCUT2D eigenvalue weighted by atomic mass is 9.89. The Bertz CT molecular complexity index is 434. The molecule has 0 aliphatic carbocycles. The van der Waals surface area contributed by atoms with Crippen molar-refractivity contribution in [2.45, 2.75) is 38.6 Å². The van der Waals surface area contributed by atoms with Gasteiger partial charge in [-0.05, 0) is 33.1 Å². The molecule has 0 atom stereocenters. The van der Waals surface area contributed by atoms with Gasteiger partial charge in [0.15, 0.2) is 0 Å². The number of carbonyl (C=O) groups is 2. The number of likely N-dealkylation sites (N-methyl/N-ethyl adjacent to an activating group) is 1. The van der Waals surface area contributed by atoms with Gasteiger partial charge in [-0.25, -0.2) is 0 Å². The SMILES string of the molecule is CCN(CC)C(=O)CN1CCCN(C(=O)C2(N)CCOCC2)CC1. The second-order valence-corrected chi connectivity index (χ2v) is 6.76. The zero-order chi connectivity index (χ0) is 17.6. The quantitative estimate of drug-likeness (QED) is 0.756. The van der Waals surface area contributed by atoms with E-state index in [9.17, 15) is 9.59 Å². The third-order valence-corrected chi connectivity index (χ3v) is 5.16. The van der Waals surface area contributed by atoms with E-state index in [0.29, 0.717) is 45.7 Å². The summed E-state index contributed by atoms with van der Waals surface area (Å²) in [5, 5.41) is 0. The van der Waals surface area contributed by atoms with Crippen LogP contribution >= 0.6 is 0 Å². The highest BCUT2D eigenvalue weighted by atomic mass is 16.5. The summed E-state index contributed by atoms with van der Waals surface area (Å²) in [7, 11) is 0. The maximum atomic E-state index is 12.8. The molecule has 2 fully saturated rings. The number of rotatable bonds is 5. The average molecular weight is 340 g/mol. The Hall–Kier alpha value is -1.18. The third kappa shape index (κ3) is 4.68. The second-order valence-electron chi connectivity index (χ2n) is 6.76. The van der Waals surface area contributed by atoms with Crippen molar-refractivity contribution >= 4 is 11.8 Å². The molecular formula is C17H32N4O3. The Balaban J connectivity index is 1.88. The molecule has 24 heavy (non-hydrogen) atoms. The maximum Gasteiger partial charge on any atom is 0.242 e. The monoisotopic (exact) mass is 340 g/mol. The van der Waals surface area contributed by atoms with Crippen LogP contribution in [0.1, 0.15) is 33.1 Å². The fourth-order valence-electron chi connectivity index (χ4n) is 3.46. The lowest BCUT2D eigenvalue weighted by Gasteiger charge is -2.36. The molecule has 2 saturated heterocycles. The number of amides is 2. The highest BCUT2D eigenvalue weighted by Crippen LogP contribution is 2.21. The topological polar surface area (TPSA) is 79.1 Å². The minimum absolute atomic E-state index is 0.0442. The van der Waals surface area contributed by atoms with E-state index in [4.69, 9.17) is 10.5 Å². The predicted molar refractivity (Wildman–Crippen MR) is 92.5 cm³/mol. The van der Waals surface area contributed by atoms with Crippen molar-refractivity contribution in [1.29, 1.82) is 0 Å². The smallest absolute Gasteiger partial charge is 0.242 e. The van der Waals surface area contributed by atoms with Crippen molar-refractivity contribution < 1.29 is 14.3 Å². The summed E-state index contributed by atoms with van der Waals surface area (Å²) in [6, 6.07) is 0. The van der Waals surface area contributed by atoms with Gasteiger partial charge in [-0.15, -0.1) is 0 Å². The van der Waals surface area contributed by atoms with Gasteiger partial charge >= 0.3 is 0 Å². The van der Waals surface area contributed by atoms with E-state index in [2.05, 4.69) is 4.90 Å². The Labute approximate surface area is 145 Å². The van der Waals surface area contributed by atoms with Crippen LogP contribution in [0.4, 0.5) is 0 Å². The van der Waals surface area contributed by atoms with Crippen molar-refractivity contribution in [3.63, 3.8) is 0 Å². The van der Waals surface area contributed by atoms with Gasteiger partial charge in [0.05, 0.1) is 12.1 Å². The molecule has 2 aliphatic heterocycles. The number of hydrogen-bond acceptors (Lipinski definition) is 5. The van der Waals surface area contributed by atoms with E-state index in [0.717, 1.165) is 32.6 Å². The van der Waals surface area contributed by atoms with Crippen molar-refractivity contribution in [2.75, 3.05) is 59.0 Å². The van der Waals surface area contributed by atoms with Crippen LogP contribution < -0.4 is 5.73 Å². The van der Waals surface area contributed by atoms with Crippen molar-refractivity contribution in [3.05, 3.63) is 0 Å². The van der Waals surface area contributed by atoms with Crippen LogP contribution in [-0.4, -0.2) is 91.1 Å². The molecule has 0 saturated carbocycles. The van der Waals surface area contributed by atoms with Gasteiger partial charge in [-0.1, -0.05) is 0 Å². The molecule has 0 radical (unpaired) electrons. The summed E-state index contributed by atoms with van der Waals surface area (Å²) >= 11 is 0. The van der Waals surface area contributed by atoms with E-state index in [1.54, 1.807) is 0 Å². The summed E-state index contributed by atoms with van der Waals surface area (Å²) in [6.45, 7) is 9.96. The first-order valence-electron chi connectivity index (χ1n) is 9.16. The van der Waals surface area contributed by atoms with Crippen LogP contribution in [0, 0.1) is 0 Å². The van der Waals surface area contributed by atoms with Gasteiger partial charge in [-0.2, -0.15) is 0 Å². The summed E-state index contributed by atoms with van der Waals surface area (Å²) < 4.78 is 5.33. The van der Waals surface area contributed by atoms with Crippen molar-refractivity contribution in [1.82, 2.24) is 14.7 Å². The molecule has 2 N–H and O–H groups in total. The molecule has 0 aromatic heterocycles. The van der Waals surface area contributed by atoms with Gasteiger partial charge in [-0.3, -0.25) is 14.5 Å². The lowest BCUT2D eigenvalue weighted by Crippen LogP contribution is -2.58. The number of ether oxygens (including phenoxy) is 1. The molecule has 0 spiro atoms. The van der Waals surface area contributed by atoms with Crippen LogP contribution in [0.3, 0.4) is 0 Å². The van der Waals surface area contributed by atoms with Gasteiger partial charge in [0.2, 0.25) is 11.8 Å². The van der Waals surface area contributed by atoms with Crippen LogP contribution in [-0.2, 0) is 14.3 Å². The Morgan fingerprint density at radius 1 is 1.08 bits per heavy atom. The molecule has 0 unspecified atom stereocenters. The number of nitrogens with two attached hydrogens (primary N) is 1. The molecule has 7 nitrogen and oxygen atoms in total. The highest BCUT2D eigenvalue weighted by Gasteiger charge is 2.39. The van der Waals surface area contributed by atoms with Crippen molar-refractivity contribution in [3.8, 4) is 0 Å². The molecule has 7 heteroatoms. The number of nitrogens with zero attached hydrogens (tertiary/aromatic N) is 3. The Morgan fingerprint density at radius 3 is 2.38 bits per heavy atom. The summed E-state index contributed by atoms with van der Waals surface area (Å²) in [5.74, 6) is 0.210. The summed E-state index contributed by atoms with van der Waals surface area (Å²) in [5.41, 5.74) is 5.56. The van der Waals surface area contributed by atoms with Crippen molar-refractivity contribution in [2.24, 2.45) is 5.73 Å². The zero-order valence-electron chi connectivity index (χ0n) is 15.1. The van der Waals surface area contributed by atoms with Crippen LogP contribution in [0.15, 0.2) is 0 Å². The first kappa shape index (κ1) is 19.1. The molecular weight excluding hydrogens is 308 g/mol. The first-order chi connectivity index (χ1) is 11.5. The van der Waals surface area contributed by atoms with E-state index in [1.165, 1.54) is 0 Å². The molecule has 0 bridgehead atoms. The number of carbonyl (C=O) groups excluding carboxylic acids is 2. The Morgan fingerprint density at radius 2 is 1.75 bits per heavy atom. The number of hydrogen-bond donors (Lipinski definition) is 1. The molecule has 2 amide bonds. The molecule has 0 aromatic rings. The van der Waals surface area contributed by atoms with Crippen LogP contribution in [0.25, 0.3) is 0 Å². The summed E-state index contributed by atoms with van der Waals surface area (Å²) in [6.07, 6.45) is 2.06. The second kappa shape index (κ2) is 8.78. The average Bonchev–Trinajstić information content (AvgIpc) is 2.81. The lowest BCUT2D eigenvalue weighted by molar-refractivity contribution is -0.140. The van der Waals surface area contributed by atoms with E-state index >= 15 is 0 Å². The Kier molecular flexibility index (Phi) is 7.01. The summed E-state index contributed by atoms with van der Waals surface area (Å²) in [4.78, 5) is 31.0. The molecule has 2 rings (SSSR count). The molecule has 2 aliphatic rings. The van der Waals surface area contributed by atoms with Gasteiger partial charge < -0.3 is 20.3 Å². The van der Waals surface area contributed by atoms with Crippen LogP contribution in [0.2, 0.25) is 0 Å². The predicted octanol–water partition coefficient (Wildman–Crippen LogP) is -0.103. The minimum Gasteiger partial charge on any atom is -0.381 e. The van der Waals surface area contributed by atoms with E-state index < -0.39 is 5.54 Å². The third-order valence-electron chi connectivity index (χ3n) is 5.16.